The minimum atomic E-state index is -0.153. The topological polar surface area (TPSA) is 120 Å². The first-order valence-electron chi connectivity index (χ1n) is 9.27. The van der Waals surface area contributed by atoms with E-state index in [1.807, 2.05) is 31.3 Å². The van der Waals surface area contributed by atoms with Gasteiger partial charge in [-0.15, -0.1) is 5.10 Å². The number of hydrogen-bond acceptors (Lipinski definition) is 8. The summed E-state index contributed by atoms with van der Waals surface area (Å²) in [4.78, 5) is 20.9. The Balaban J connectivity index is 1.36. The summed E-state index contributed by atoms with van der Waals surface area (Å²) in [5.74, 6) is 2.06. The molecular formula is C18H19N9O2. The van der Waals surface area contributed by atoms with Crippen molar-refractivity contribution in [2.45, 2.75) is 6.92 Å². The predicted molar refractivity (Wildman–Crippen MR) is 104 cm³/mol. The highest BCUT2D eigenvalue weighted by molar-refractivity contribution is 5.91. The molecule has 1 aliphatic heterocycles. The lowest BCUT2D eigenvalue weighted by molar-refractivity contribution is 0.0704. The second kappa shape index (κ2) is 6.93. The Morgan fingerprint density at radius 2 is 2.10 bits per heavy atom. The van der Waals surface area contributed by atoms with Gasteiger partial charge in [0.1, 0.15) is 5.52 Å². The SMILES string of the molecule is Cc1cc(Nc2nc(N3CCN(C(=O)c4ccno4)CC3)nn3cccc23)n[nH]1. The Bertz CT molecular complexity index is 1140. The van der Waals surface area contributed by atoms with Crippen molar-refractivity contribution in [3.63, 3.8) is 0 Å². The van der Waals surface area contributed by atoms with Crippen LogP contribution in [0.25, 0.3) is 5.52 Å². The lowest BCUT2D eigenvalue weighted by Gasteiger charge is -2.34. The summed E-state index contributed by atoms with van der Waals surface area (Å²) in [6.45, 7) is 4.28. The Labute approximate surface area is 165 Å². The highest BCUT2D eigenvalue weighted by Crippen LogP contribution is 2.22. The van der Waals surface area contributed by atoms with Gasteiger partial charge in [-0.2, -0.15) is 10.1 Å². The normalized spacial score (nSPS) is 14.5. The molecule has 1 aliphatic rings. The van der Waals surface area contributed by atoms with E-state index in [1.54, 1.807) is 15.5 Å². The van der Waals surface area contributed by atoms with Crippen molar-refractivity contribution in [1.29, 1.82) is 0 Å². The molecule has 0 bridgehead atoms. The maximum absolute atomic E-state index is 12.4. The first kappa shape index (κ1) is 17.2. The van der Waals surface area contributed by atoms with Gasteiger partial charge in [0, 0.05) is 50.2 Å². The van der Waals surface area contributed by atoms with Gasteiger partial charge in [0.15, 0.2) is 11.6 Å². The second-order valence-electron chi connectivity index (χ2n) is 6.82. The lowest BCUT2D eigenvalue weighted by atomic mass is 10.3. The van der Waals surface area contributed by atoms with E-state index in [9.17, 15) is 4.79 Å². The molecule has 4 aromatic rings. The molecule has 29 heavy (non-hydrogen) atoms. The number of carbonyl (C=O) groups excluding carboxylic acids is 1. The predicted octanol–water partition coefficient (Wildman–Crippen LogP) is 1.45. The molecule has 5 heterocycles. The van der Waals surface area contributed by atoms with Crippen LogP contribution in [0.2, 0.25) is 0 Å². The van der Waals surface area contributed by atoms with E-state index in [4.69, 9.17) is 9.51 Å². The van der Waals surface area contributed by atoms with Crippen molar-refractivity contribution in [3.05, 3.63) is 48.1 Å². The average molecular weight is 393 g/mol. The maximum Gasteiger partial charge on any atom is 0.292 e. The third-order valence-electron chi connectivity index (χ3n) is 4.83. The average Bonchev–Trinajstić information content (AvgIpc) is 3.49. The summed E-state index contributed by atoms with van der Waals surface area (Å²) in [5, 5.41) is 18.6. The van der Waals surface area contributed by atoms with E-state index >= 15 is 0 Å². The third-order valence-corrected chi connectivity index (χ3v) is 4.83. The van der Waals surface area contributed by atoms with Gasteiger partial charge in [0.25, 0.3) is 5.91 Å². The van der Waals surface area contributed by atoms with Gasteiger partial charge in [0.2, 0.25) is 11.7 Å². The largest absolute Gasteiger partial charge is 0.351 e. The van der Waals surface area contributed by atoms with Gasteiger partial charge in [-0.25, -0.2) is 4.52 Å². The van der Waals surface area contributed by atoms with Crippen molar-refractivity contribution >= 4 is 29.0 Å². The molecule has 2 N–H and O–H groups in total. The fourth-order valence-corrected chi connectivity index (χ4v) is 3.34. The molecule has 11 heteroatoms. The molecule has 148 valence electrons. The first-order chi connectivity index (χ1) is 14.2. The number of piperazine rings is 1. The Kier molecular flexibility index (Phi) is 4.12. The van der Waals surface area contributed by atoms with Gasteiger partial charge in [0.05, 0.1) is 6.20 Å². The number of H-pyrrole nitrogens is 1. The van der Waals surface area contributed by atoms with Crippen LogP contribution in [0.1, 0.15) is 16.2 Å². The number of nitrogens with one attached hydrogen (secondary N) is 2. The van der Waals surface area contributed by atoms with Crippen LogP contribution in [0.5, 0.6) is 0 Å². The molecule has 0 saturated carbocycles. The third kappa shape index (κ3) is 3.26. The fourth-order valence-electron chi connectivity index (χ4n) is 3.34. The molecule has 1 fully saturated rings. The van der Waals surface area contributed by atoms with Crippen LogP contribution in [0.3, 0.4) is 0 Å². The smallest absolute Gasteiger partial charge is 0.292 e. The number of aryl methyl sites for hydroxylation is 1. The molecule has 0 aliphatic carbocycles. The van der Waals surface area contributed by atoms with Crippen LogP contribution in [0.15, 0.2) is 41.2 Å². The second-order valence-corrected chi connectivity index (χ2v) is 6.82. The molecule has 1 saturated heterocycles. The molecule has 5 rings (SSSR count). The number of nitrogens with zero attached hydrogens (tertiary/aromatic N) is 7. The molecule has 4 aromatic heterocycles. The quantitative estimate of drug-likeness (QED) is 0.535. The van der Waals surface area contributed by atoms with E-state index < -0.39 is 0 Å². The number of aromatic nitrogens is 6. The summed E-state index contributed by atoms with van der Waals surface area (Å²) < 4.78 is 6.76. The van der Waals surface area contributed by atoms with Crippen molar-refractivity contribution in [2.75, 3.05) is 36.4 Å². The van der Waals surface area contributed by atoms with E-state index in [2.05, 4.69) is 30.7 Å². The van der Waals surface area contributed by atoms with Gasteiger partial charge in [-0.05, 0) is 19.1 Å². The number of carbonyl (C=O) groups is 1. The summed E-state index contributed by atoms with van der Waals surface area (Å²) >= 11 is 0. The zero-order chi connectivity index (χ0) is 19.8. The number of hydrogen-bond donors (Lipinski definition) is 2. The van der Waals surface area contributed by atoms with Gasteiger partial charge < -0.3 is 19.6 Å². The molecule has 0 unspecified atom stereocenters. The van der Waals surface area contributed by atoms with E-state index in [-0.39, 0.29) is 11.7 Å². The van der Waals surface area contributed by atoms with Gasteiger partial charge in [-0.3, -0.25) is 9.89 Å². The minimum Gasteiger partial charge on any atom is -0.351 e. The van der Waals surface area contributed by atoms with Crippen LogP contribution in [0, 0.1) is 6.92 Å². The Morgan fingerprint density at radius 3 is 2.83 bits per heavy atom. The molecule has 11 nitrogen and oxygen atoms in total. The summed E-state index contributed by atoms with van der Waals surface area (Å²) in [5.41, 5.74) is 1.81. The van der Waals surface area contributed by atoms with Crippen molar-refractivity contribution in [2.24, 2.45) is 0 Å². The zero-order valence-electron chi connectivity index (χ0n) is 15.7. The molecule has 0 spiro atoms. The van der Waals surface area contributed by atoms with Crippen molar-refractivity contribution in [1.82, 2.24) is 34.9 Å². The molecular weight excluding hydrogens is 374 g/mol. The highest BCUT2D eigenvalue weighted by Gasteiger charge is 2.26. The number of amides is 1. The van der Waals surface area contributed by atoms with Gasteiger partial charge in [-0.1, -0.05) is 5.16 Å². The first-order valence-corrected chi connectivity index (χ1v) is 9.27. The van der Waals surface area contributed by atoms with Crippen LogP contribution in [-0.4, -0.2) is 66.9 Å². The van der Waals surface area contributed by atoms with Crippen LogP contribution in [-0.2, 0) is 0 Å². The fraction of sp³-hybridized carbons (Fsp3) is 0.278. The van der Waals surface area contributed by atoms with Crippen molar-refractivity contribution in [3.8, 4) is 0 Å². The minimum absolute atomic E-state index is 0.153. The number of anilines is 3. The van der Waals surface area contributed by atoms with Crippen LogP contribution >= 0.6 is 0 Å². The number of rotatable bonds is 4. The molecule has 0 atom stereocenters. The van der Waals surface area contributed by atoms with Gasteiger partial charge >= 0.3 is 0 Å². The molecule has 0 aromatic carbocycles. The molecule has 0 radical (unpaired) electrons. The molecule has 1 amide bonds. The monoisotopic (exact) mass is 393 g/mol. The van der Waals surface area contributed by atoms with Crippen LogP contribution < -0.4 is 10.2 Å². The van der Waals surface area contributed by atoms with Crippen LogP contribution in [0.4, 0.5) is 17.6 Å². The summed E-state index contributed by atoms with van der Waals surface area (Å²) in [6, 6.07) is 7.35. The van der Waals surface area contributed by atoms with E-state index in [0.717, 1.165) is 11.2 Å². The highest BCUT2D eigenvalue weighted by atomic mass is 16.5. The maximum atomic E-state index is 12.4. The lowest BCUT2D eigenvalue weighted by Crippen LogP contribution is -2.49. The van der Waals surface area contributed by atoms with E-state index in [0.29, 0.717) is 43.8 Å². The van der Waals surface area contributed by atoms with E-state index in [1.165, 1.54) is 6.20 Å². The Hall–Kier alpha value is -3.89. The Morgan fingerprint density at radius 1 is 1.24 bits per heavy atom. The number of fused-ring (bicyclic) bond motifs is 1. The van der Waals surface area contributed by atoms with Crippen molar-refractivity contribution < 1.29 is 9.32 Å². The standard InChI is InChI=1S/C18H19N9O2/c1-12-11-15(23-22-12)20-16-13-3-2-6-27(13)24-18(21-16)26-9-7-25(8-10-26)17(28)14-4-5-19-29-14/h2-6,11H,7-10H2,1H3,(H2,20,21,22,23,24). The summed E-state index contributed by atoms with van der Waals surface area (Å²) in [7, 11) is 0. The number of aromatic amines is 1. The summed E-state index contributed by atoms with van der Waals surface area (Å²) in [6.07, 6.45) is 3.35. The zero-order valence-corrected chi connectivity index (χ0v) is 15.7.